The van der Waals surface area contributed by atoms with Crippen LogP contribution in [-0.2, 0) is 0 Å². The second-order valence-electron chi connectivity index (χ2n) is 6.59. The van der Waals surface area contributed by atoms with Crippen molar-refractivity contribution in [3.05, 3.63) is 0 Å². The molecule has 0 spiro atoms. The van der Waals surface area contributed by atoms with Crippen LogP contribution in [0.15, 0.2) is 0 Å². The van der Waals surface area contributed by atoms with Gasteiger partial charge in [-0.1, -0.05) is 27.2 Å². The van der Waals surface area contributed by atoms with E-state index < -0.39 is 0 Å². The molecular formula is C15H32N2. The summed E-state index contributed by atoms with van der Waals surface area (Å²) in [6, 6.07) is 0.673. The van der Waals surface area contributed by atoms with Gasteiger partial charge in [0.1, 0.15) is 0 Å². The Bertz CT molecular complexity index is 205. The summed E-state index contributed by atoms with van der Waals surface area (Å²) >= 11 is 0. The van der Waals surface area contributed by atoms with Crippen molar-refractivity contribution in [2.24, 2.45) is 11.3 Å². The molecule has 1 fully saturated rings. The van der Waals surface area contributed by atoms with Gasteiger partial charge in [0.25, 0.3) is 0 Å². The standard InChI is InChI=1S/C15H32N2/c1-6-7-15(8-9-16-11-15)12-17(14(4)5)10-13(2)3/h13-14,16H,6-12H2,1-5H3. The zero-order valence-corrected chi connectivity index (χ0v) is 12.6. The quantitative estimate of drug-likeness (QED) is 0.735. The molecule has 0 aromatic rings. The zero-order valence-electron chi connectivity index (χ0n) is 12.6. The fourth-order valence-corrected chi connectivity index (χ4v) is 3.11. The molecule has 1 unspecified atom stereocenters. The fraction of sp³-hybridized carbons (Fsp3) is 1.00. The molecular weight excluding hydrogens is 208 g/mol. The number of hydrogen-bond donors (Lipinski definition) is 1. The Labute approximate surface area is 108 Å². The molecule has 0 saturated carbocycles. The Balaban J connectivity index is 2.61. The molecule has 1 atom stereocenters. The van der Waals surface area contributed by atoms with Crippen LogP contribution in [0, 0.1) is 11.3 Å². The van der Waals surface area contributed by atoms with Crippen molar-refractivity contribution in [3.63, 3.8) is 0 Å². The van der Waals surface area contributed by atoms with E-state index >= 15 is 0 Å². The van der Waals surface area contributed by atoms with Crippen LogP contribution >= 0.6 is 0 Å². The van der Waals surface area contributed by atoms with Crippen LogP contribution in [0.5, 0.6) is 0 Å². The highest BCUT2D eigenvalue weighted by Crippen LogP contribution is 2.32. The number of nitrogens with zero attached hydrogens (tertiary/aromatic N) is 1. The van der Waals surface area contributed by atoms with Gasteiger partial charge in [0, 0.05) is 25.7 Å². The lowest BCUT2D eigenvalue weighted by Crippen LogP contribution is -2.44. The largest absolute Gasteiger partial charge is 0.316 e. The van der Waals surface area contributed by atoms with Crippen molar-refractivity contribution in [3.8, 4) is 0 Å². The summed E-state index contributed by atoms with van der Waals surface area (Å²) in [5, 5.41) is 3.57. The Morgan fingerprint density at radius 2 is 1.94 bits per heavy atom. The van der Waals surface area contributed by atoms with Crippen molar-refractivity contribution in [2.75, 3.05) is 26.2 Å². The van der Waals surface area contributed by atoms with Gasteiger partial charge in [-0.25, -0.2) is 0 Å². The van der Waals surface area contributed by atoms with E-state index in [2.05, 4.69) is 44.8 Å². The summed E-state index contributed by atoms with van der Waals surface area (Å²) < 4.78 is 0. The minimum Gasteiger partial charge on any atom is -0.316 e. The maximum Gasteiger partial charge on any atom is 0.00534 e. The van der Waals surface area contributed by atoms with Crippen molar-refractivity contribution in [1.29, 1.82) is 0 Å². The topological polar surface area (TPSA) is 15.3 Å². The van der Waals surface area contributed by atoms with E-state index in [0.29, 0.717) is 11.5 Å². The smallest absolute Gasteiger partial charge is 0.00534 e. The second-order valence-corrected chi connectivity index (χ2v) is 6.59. The van der Waals surface area contributed by atoms with Crippen molar-refractivity contribution >= 4 is 0 Å². The summed E-state index contributed by atoms with van der Waals surface area (Å²) in [4.78, 5) is 2.69. The lowest BCUT2D eigenvalue weighted by atomic mass is 9.81. The van der Waals surface area contributed by atoms with E-state index in [-0.39, 0.29) is 0 Å². The highest BCUT2D eigenvalue weighted by Gasteiger charge is 2.35. The Hall–Kier alpha value is -0.0800. The van der Waals surface area contributed by atoms with Crippen LogP contribution in [0.1, 0.15) is 53.9 Å². The Morgan fingerprint density at radius 1 is 1.24 bits per heavy atom. The van der Waals surface area contributed by atoms with E-state index in [9.17, 15) is 0 Å². The van der Waals surface area contributed by atoms with Crippen LogP contribution in [0.3, 0.4) is 0 Å². The SMILES string of the molecule is CCCC1(CN(CC(C)C)C(C)C)CCNC1. The van der Waals surface area contributed by atoms with E-state index in [1.807, 2.05) is 0 Å². The van der Waals surface area contributed by atoms with Gasteiger partial charge in [0.2, 0.25) is 0 Å². The van der Waals surface area contributed by atoms with Gasteiger partial charge in [0.05, 0.1) is 0 Å². The van der Waals surface area contributed by atoms with Crippen LogP contribution in [0.25, 0.3) is 0 Å². The van der Waals surface area contributed by atoms with Gasteiger partial charge in [-0.05, 0) is 44.6 Å². The van der Waals surface area contributed by atoms with Gasteiger partial charge in [-0.15, -0.1) is 0 Å². The molecule has 1 aliphatic rings. The summed E-state index contributed by atoms with van der Waals surface area (Å²) in [7, 11) is 0. The van der Waals surface area contributed by atoms with Gasteiger partial charge in [-0.3, -0.25) is 0 Å². The van der Waals surface area contributed by atoms with Crippen LogP contribution in [-0.4, -0.2) is 37.1 Å². The first kappa shape index (κ1) is 15.0. The average Bonchev–Trinajstić information content (AvgIpc) is 2.65. The molecule has 1 heterocycles. The predicted octanol–water partition coefficient (Wildman–Crippen LogP) is 3.13. The number of nitrogens with one attached hydrogen (secondary N) is 1. The second kappa shape index (κ2) is 6.75. The summed E-state index contributed by atoms with van der Waals surface area (Å²) in [6.07, 6.45) is 4.05. The Kier molecular flexibility index (Phi) is 5.94. The monoisotopic (exact) mass is 240 g/mol. The molecule has 0 aliphatic carbocycles. The van der Waals surface area contributed by atoms with Crippen molar-refractivity contribution < 1.29 is 0 Å². The molecule has 1 N–H and O–H groups in total. The number of rotatable bonds is 7. The van der Waals surface area contributed by atoms with Gasteiger partial charge in [0.15, 0.2) is 0 Å². The summed E-state index contributed by atoms with van der Waals surface area (Å²) in [5.41, 5.74) is 0.550. The lowest BCUT2D eigenvalue weighted by molar-refractivity contribution is 0.112. The zero-order chi connectivity index (χ0) is 12.9. The molecule has 0 aromatic carbocycles. The van der Waals surface area contributed by atoms with E-state index in [4.69, 9.17) is 0 Å². The molecule has 17 heavy (non-hydrogen) atoms. The maximum atomic E-state index is 3.57. The van der Waals surface area contributed by atoms with Crippen LogP contribution < -0.4 is 5.32 Å². The van der Waals surface area contributed by atoms with E-state index in [1.54, 1.807) is 0 Å². The first-order valence-electron chi connectivity index (χ1n) is 7.44. The minimum atomic E-state index is 0.550. The molecule has 0 aromatic heterocycles. The fourth-order valence-electron chi connectivity index (χ4n) is 3.11. The highest BCUT2D eigenvalue weighted by atomic mass is 15.2. The molecule has 2 heteroatoms. The molecule has 0 bridgehead atoms. The molecule has 0 amide bonds. The molecule has 102 valence electrons. The predicted molar refractivity (Wildman–Crippen MR) is 76.4 cm³/mol. The molecule has 2 nitrogen and oxygen atoms in total. The summed E-state index contributed by atoms with van der Waals surface area (Å²) in [6.45, 7) is 16.6. The molecule has 1 saturated heterocycles. The van der Waals surface area contributed by atoms with Gasteiger partial charge < -0.3 is 10.2 Å². The molecule has 1 aliphatic heterocycles. The average molecular weight is 240 g/mol. The third-order valence-corrected chi connectivity index (χ3v) is 3.98. The normalized spacial score (nSPS) is 25.4. The first-order valence-corrected chi connectivity index (χ1v) is 7.44. The Morgan fingerprint density at radius 3 is 2.35 bits per heavy atom. The number of hydrogen-bond acceptors (Lipinski definition) is 2. The third kappa shape index (κ3) is 4.59. The van der Waals surface area contributed by atoms with Gasteiger partial charge >= 0.3 is 0 Å². The first-order chi connectivity index (χ1) is 7.99. The van der Waals surface area contributed by atoms with Gasteiger partial charge in [-0.2, -0.15) is 0 Å². The third-order valence-electron chi connectivity index (χ3n) is 3.98. The lowest BCUT2D eigenvalue weighted by Gasteiger charge is -2.38. The van der Waals surface area contributed by atoms with Crippen molar-refractivity contribution in [1.82, 2.24) is 10.2 Å². The highest BCUT2D eigenvalue weighted by molar-refractivity contribution is 4.91. The maximum absolute atomic E-state index is 3.57. The summed E-state index contributed by atoms with van der Waals surface area (Å²) in [5.74, 6) is 0.769. The molecule has 0 radical (unpaired) electrons. The van der Waals surface area contributed by atoms with E-state index in [0.717, 1.165) is 5.92 Å². The minimum absolute atomic E-state index is 0.550. The molecule has 1 rings (SSSR count). The van der Waals surface area contributed by atoms with Crippen LogP contribution in [0.4, 0.5) is 0 Å². The van der Waals surface area contributed by atoms with E-state index in [1.165, 1.54) is 45.4 Å². The van der Waals surface area contributed by atoms with Crippen molar-refractivity contribution in [2.45, 2.75) is 59.9 Å². The van der Waals surface area contributed by atoms with Crippen LogP contribution in [0.2, 0.25) is 0 Å².